The first-order valence-corrected chi connectivity index (χ1v) is 8.59. The number of allylic oxidation sites excluding steroid dienone is 2. The van der Waals surface area contributed by atoms with Crippen molar-refractivity contribution in [3.8, 4) is 0 Å². The Labute approximate surface area is 150 Å². The average Bonchev–Trinajstić information content (AvgIpc) is 2.92. The minimum Gasteiger partial charge on any atom is -0.337 e. The Bertz CT molecular complexity index is 646. The molecule has 0 N–H and O–H groups in total. The van der Waals surface area contributed by atoms with Crippen LogP contribution < -0.4 is 0 Å². The normalized spacial score (nSPS) is 26.7. The zero-order valence-corrected chi connectivity index (χ0v) is 15.8. The van der Waals surface area contributed by atoms with E-state index in [1.165, 1.54) is 6.92 Å². The van der Waals surface area contributed by atoms with Crippen LogP contribution in [0.2, 0.25) is 0 Å². The summed E-state index contributed by atoms with van der Waals surface area (Å²) in [4.78, 5) is 33.6. The third-order valence-electron chi connectivity index (χ3n) is 5.42. The number of aldehydes is 1. The first kappa shape index (κ1) is 19.1. The SMILES string of the molecule is C=N/C(=C\N1CN=C(C)C=C1C)C(=O)N1CC2C(C1)C2(C)C.CC=O. The van der Waals surface area contributed by atoms with Gasteiger partial charge >= 0.3 is 0 Å². The molecule has 3 rings (SSSR count). The molecule has 0 aromatic rings. The summed E-state index contributed by atoms with van der Waals surface area (Å²) in [5.74, 6) is 1.27. The maximum Gasteiger partial charge on any atom is 0.273 e. The van der Waals surface area contributed by atoms with Crippen molar-refractivity contribution in [3.05, 3.63) is 23.7 Å². The fourth-order valence-corrected chi connectivity index (χ4v) is 3.64. The Kier molecular flexibility index (Phi) is 5.60. The molecule has 136 valence electrons. The Morgan fingerprint density at radius 2 is 1.92 bits per heavy atom. The first-order valence-electron chi connectivity index (χ1n) is 8.59. The van der Waals surface area contributed by atoms with Gasteiger partial charge in [-0.3, -0.25) is 14.8 Å². The topological polar surface area (TPSA) is 65.3 Å². The van der Waals surface area contributed by atoms with E-state index < -0.39 is 0 Å². The maximum absolute atomic E-state index is 12.6. The zero-order valence-electron chi connectivity index (χ0n) is 15.8. The minimum atomic E-state index is -0.0166. The summed E-state index contributed by atoms with van der Waals surface area (Å²) in [6, 6.07) is 0. The van der Waals surface area contributed by atoms with Crippen molar-refractivity contribution < 1.29 is 9.59 Å². The molecule has 3 aliphatic rings. The molecular weight excluding hydrogens is 316 g/mol. The number of nitrogens with zero attached hydrogens (tertiary/aromatic N) is 4. The van der Waals surface area contributed by atoms with Gasteiger partial charge in [0.1, 0.15) is 18.7 Å². The number of aliphatic imine (C=N–C) groups is 2. The lowest BCUT2D eigenvalue weighted by molar-refractivity contribution is -0.127. The van der Waals surface area contributed by atoms with Gasteiger partial charge < -0.3 is 14.6 Å². The van der Waals surface area contributed by atoms with Crippen LogP contribution in [0.5, 0.6) is 0 Å². The molecule has 0 bridgehead atoms. The van der Waals surface area contributed by atoms with Gasteiger partial charge in [0.2, 0.25) is 0 Å². The smallest absolute Gasteiger partial charge is 0.273 e. The number of carbonyl (C=O) groups excluding carboxylic acids is 2. The third-order valence-corrected chi connectivity index (χ3v) is 5.42. The summed E-state index contributed by atoms with van der Waals surface area (Å²) < 4.78 is 0. The molecule has 2 aliphatic heterocycles. The van der Waals surface area contributed by atoms with Gasteiger partial charge in [-0.05, 0) is 50.8 Å². The highest BCUT2D eigenvalue weighted by Gasteiger charge is 2.62. The molecule has 1 saturated carbocycles. The summed E-state index contributed by atoms with van der Waals surface area (Å²) in [6.45, 7) is 15.8. The van der Waals surface area contributed by atoms with Crippen LogP contribution in [-0.4, -0.2) is 54.2 Å². The van der Waals surface area contributed by atoms with E-state index in [-0.39, 0.29) is 5.91 Å². The molecule has 0 aromatic heterocycles. The molecule has 6 heteroatoms. The Balaban J connectivity index is 0.000000701. The van der Waals surface area contributed by atoms with E-state index in [2.05, 4.69) is 30.5 Å². The van der Waals surface area contributed by atoms with Crippen molar-refractivity contribution >= 4 is 24.6 Å². The highest BCUT2D eigenvalue weighted by Crippen LogP contribution is 2.62. The van der Waals surface area contributed by atoms with E-state index in [9.17, 15) is 4.79 Å². The lowest BCUT2D eigenvalue weighted by Gasteiger charge is -2.25. The van der Waals surface area contributed by atoms with Gasteiger partial charge in [-0.25, -0.2) is 0 Å². The Morgan fingerprint density at radius 3 is 2.40 bits per heavy atom. The lowest BCUT2D eigenvalue weighted by atomic mass is 10.1. The predicted molar refractivity (Wildman–Crippen MR) is 100 cm³/mol. The minimum absolute atomic E-state index is 0.0166. The van der Waals surface area contributed by atoms with Gasteiger partial charge in [0.05, 0.1) is 0 Å². The molecule has 6 nitrogen and oxygen atoms in total. The molecule has 2 atom stereocenters. The van der Waals surface area contributed by atoms with Crippen LogP contribution in [0.25, 0.3) is 0 Å². The third kappa shape index (κ3) is 3.89. The van der Waals surface area contributed by atoms with Crippen LogP contribution in [0.15, 0.2) is 33.7 Å². The second-order valence-electron chi connectivity index (χ2n) is 7.35. The number of piperidine rings is 1. The molecule has 0 radical (unpaired) electrons. The van der Waals surface area contributed by atoms with Crippen LogP contribution in [0.3, 0.4) is 0 Å². The van der Waals surface area contributed by atoms with Gasteiger partial charge in [0.15, 0.2) is 0 Å². The number of carbonyl (C=O) groups is 2. The van der Waals surface area contributed by atoms with E-state index in [0.717, 1.165) is 30.8 Å². The Morgan fingerprint density at radius 1 is 1.36 bits per heavy atom. The number of fused-ring (bicyclic) bond motifs is 1. The highest BCUT2D eigenvalue weighted by molar-refractivity contribution is 5.95. The number of rotatable bonds is 3. The molecular formula is C19H28N4O2. The van der Waals surface area contributed by atoms with Crippen molar-refractivity contribution in [2.45, 2.75) is 34.6 Å². The molecule has 1 saturated heterocycles. The number of hydrogen-bond donors (Lipinski definition) is 0. The fraction of sp³-hybridized carbons (Fsp3) is 0.579. The molecule has 0 aromatic carbocycles. The molecule has 1 amide bonds. The predicted octanol–water partition coefficient (Wildman–Crippen LogP) is 2.49. The van der Waals surface area contributed by atoms with Crippen LogP contribution in [0.4, 0.5) is 0 Å². The maximum atomic E-state index is 12.6. The van der Waals surface area contributed by atoms with E-state index in [1.54, 1.807) is 6.20 Å². The number of likely N-dealkylation sites (tertiary alicyclic amines) is 1. The van der Waals surface area contributed by atoms with Crippen molar-refractivity contribution in [2.24, 2.45) is 27.2 Å². The van der Waals surface area contributed by atoms with Gasteiger partial charge in [-0.1, -0.05) is 13.8 Å². The van der Waals surface area contributed by atoms with Gasteiger partial charge in [0, 0.05) is 30.7 Å². The standard InChI is InChI=1S/C17H24N4O.C2H4O/c1-11-6-12(2)21(10-19-11)9-15(18-5)16(22)20-7-13-14(8-20)17(13,3)4;1-2-3/h6,9,13-14H,5,7-8,10H2,1-4H3;2H,1H3/b15-9-;. The summed E-state index contributed by atoms with van der Waals surface area (Å²) in [5, 5.41) is 0. The van der Waals surface area contributed by atoms with Crippen LogP contribution in [0, 0.1) is 17.3 Å². The highest BCUT2D eigenvalue weighted by atomic mass is 16.2. The molecule has 1 aliphatic carbocycles. The zero-order chi connectivity index (χ0) is 18.8. The summed E-state index contributed by atoms with van der Waals surface area (Å²) >= 11 is 0. The average molecular weight is 344 g/mol. The molecule has 2 fully saturated rings. The Hall–Kier alpha value is -2.24. The van der Waals surface area contributed by atoms with Crippen LogP contribution in [-0.2, 0) is 9.59 Å². The quantitative estimate of drug-likeness (QED) is 0.449. The van der Waals surface area contributed by atoms with E-state index in [0.29, 0.717) is 29.6 Å². The van der Waals surface area contributed by atoms with Crippen LogP contribution >= 0.6 is 0 Å². The van der Waals surface area contributed by atoms with E-state index >= 15 is 0 Å². The lowest BCUT2D eigenvalue weighted by Crippen LogP contribution is -2.34. The molecule has 25 heavy (non-hydrogen) atoms. The molecule has 2 heterocycles. The summed E-state index contributed by atoms with van der Waals surface area (Å²) in [6.07, 6.45) is 4.52. The van der Waals surface area contributed by atoms with E-state index in [1.807, 2.05) is 29.7 Å². The summed E-state index contributed by atoms with van der Waals surface area (Å²) in [5.41, 5.74) is 2.87. The van der Waals surface area contributed by atoms with Crippen molar-refractivity contribution in [3.63, 3.8) is 0 Å². The van der Waals surface area contributed by atoms with Crippen LogP contribution in [0.1, 0.15) is 34.6 Å². The largest absolute Gasteiger partial charge is 0.337 e. The van der Waals surface area contributed by atoms with Gasteiger partial charge in [-0.15, -0.1) is 0 Å². The van der Waals surface area contributed by atoms with E-state index in [4.69, 9.17) is 4.79 Å². The number of amides is 1. The fourth-order valence-electron chi connectivity index (χ4n) is 3.64. The van der Waals surface area contributed by atoms with Crippen molar-refractivity contribution in [1.29, 1.82) is 0 Å². The molecule has 2 unspecified atom stereocenters. The molecule has 0 spiro atoms. The summed E-state index contributed by atoms with van der Waals surface area (Å²) in [7, 11) is 0. The van der Waals surface area contributed by atoms with Crippen molar-refractivity contribution in [2.75, 3.05) is 19.8 Å². The second kappa shape index (κ2) is 7.33. The van der Waals surface area contributed by atoms with Gasteiger partial charge in [0.25, 0.3) is 5.91 Å². The first-order chi connectivity index (χ1) is 11.8. The monoisotopic (exact) mass is 344 g/mol. The van der Waals surface area contributed by atoms with Gasteiger partial charge in [-0.2, -0.15) is 0 Å². The second-order valence-corrected chi connectivity index (χ2v) is 7.35. The number of hydrogen-bond acceptors (Lipinski definition) is 5. The van der Waals surface area contributed by atoms with Crippen molar-refractivity contribution in [1.82, 2.24) is 9.80 Å².